The summed E-state index contributed by atoms with van der Waals surface area (Å²) < 4.78 is 8.35. The van der Waals surface area contributed by atoms with Crippen LogP contribution in [0, 0.1) is 0 Å². The Morgan fingerprint density at radius 1 is 1.12 bits per heavy atom. The molecular formula is C17H16N4O2S2. The number of benzene rings is 2. The zero-order chi connectivity index (χ0) is 17.6. The zero-order valence-electron chi connectivity index (χ0n) is 13.5. The number of amides is 2. The van der Waals surface area contributed by atoms with Crippen LogP contribution in [0.25, 0.3) is 11.0 Å². The van der Waals surface area contributed by atoms with Crippen LogP contribution >= 0.6 is 23.5 Å². The molecular weight excluding hydrogens is 356 g/mol. The molecule has 2 aromatic carbocycles. The maximum atomic E-state index is 12.1. The molecule has 0 atom stereocenters. The van der Waals surface area contributed by atoms with E-state index in [9.17, 15) is 9.59 Å². The van der Waals surface area contributed by atoms with E-state index in [1.807, 2.05) is 42.5 Å². The van der Waals surface area contributed by atoms with Crippen molar-refractivity contribution in [3.05, 3.63) is 48.0 Å². The van der Waals surface area contributed by atoms with Gasteiger partial charge < -0.3 is 10.6 Å². The lowest BCUT2D eigenvalue weighted by molar-refractivity contribution is -0.118. The number of aromatic nitrogens is 2. The molecule has 0 bridgehead atoms. The highest BCUT2D eigenvalue weighted by Gasteiger charge is 2.08. The highest BCUT2D eigenvalue weighted by Crippen LogP contribution is 2.26. The van der Waals surface area contributed by atoms with Crippen molar-refractivity contribution in [1.29, 1.82) is 0 Å². The minimum atomic E-state index is -0.135. The highest BCUT2D eigenvalue weighted by molar-refractivity contribution is 8.00. The minimum Gasteiger partial charge on any atom is -0.351 e. The number of hydrogen-bond acceptors (Lipinski definition) is 6. The van der Waals surface area contributed by atoms with Gasteiger partial charge in [-0.3, -0.25) is 9.59 Å². The summed E-state index contributed by atoms with van der Waals surface area (Å²) in [5.41, 5.74) is 3.41. The molecule has 0 unspecified atom stereocenters. The summed E-state index contributed by atoms with van der Waals surface area (Å²) in [6, 6.07) is 13.2. The van der Waals surface area contributed by atoms with Gasteiger partial charge in [0.25, 0.3) is 0 Å². The number of nitrogens with zero attached hydrogens (tertiary/aromatic N) is 2. The first-order chi connectivity index (χ1) is 12.1. The molecule has 0 aliphatic rings. The number of anilines is 1. The molecule has 25 heavy (non-hydrogen) atoms. The van der Waals surface area contributed by atoms with Crippen LogP contribution in [0.4, 0.5) is 5.69 Å². The average molecular weight is 372 g/mol. The number of fused-ring (bicyclic) bond motifs is 1. The molecule has 1 aromatic heterocycles. The normalized spacial score (nSPS) is 10.6. The van der Waals surface area contributed by atoms with Crippen molar-refractivity contribution < 1.29 is 9.59 Å². The Labute approximate surface area is 153 Å². The maximum Gasteiger partial charge on any atom is 0.230 e. The predicted molar refractivity (Wildman–Crippen MR) is 101 cm³/mol. The third-order valence-electron chi connectivity index (χ3n) is 3.36. The Balaban J connectivity index is 1.53. The molecule has 0 fully saturated rings. The van der Waals surface area contributed by atoms with Crippen molar-refractivity contribution in [3.63, 3.8) is 0 Å². The van der Waals surface area contributed by atoms with Gasteiger partial charge in [-0.2, -0.15) is 8.75 Å². The first-order valence-corrected chi connectivity index (χ1v) is 9.31. The lowest BCUT2D eigenvalue weighted by Gasteiger charge is -2.09. The predicted octanol–water partition coefficient (Wildman–Crippen LogP) is 3.06. The van der Waals surface area contributed by atoms with E-state index in [1.54, 1.807) is 0 Å². The molecule has 0 spiro atoms. The number of para-hydroxylation sites is 1. The van der Waals surface area contributed by atoms with Gasteiger partial charge in [0.1, 0.15) is 11.0 Å². The standard InChI is InChI=1S/C17H16N4O2S2/c1-11(22)19-14-4-2-3-5-16(14)24-10-17(23)18-9-12-6-7-13-15(8-12)21-25-20-13/h2-8H,9-10H2,1H3,(H,18,23)(H,19,22). The lowest BCUT2D eigenvalue weighted by Crippen LogP contribution is -2.24. The van der Waals surface area contributed by atoms with Crippen molar-refractivity contribution in [3.8, 4) is 0 Å². The van der Waals surface area contributed by atoms with Gasteiger partial charge in [0, 0.05) is 18.4 Å². The number of nitrogens with one attached hydrogen (secondary N) is 2. The van der Waals surface area contributed by atoms with Crippen LogP contribution in [0.1, 0.15) is 12.5 Å². The van der Waals surface area contributed by atoms with E-state index in [0.717, 1.165) is 21.5 Å². The smallest absolute Gasteiger partial charge is 0.230 e. The second kappa shape index (κ2) is 8.09. The van der Waals surface area contributed by atoms with Gasteiger partial charge in [-0.1, -0.05) is 18.2 Å². The summed E-state index contributed by atoms with van der Waals surface area (Å²) in [4.78, 5) is 24.2. The van der Waals surface area contributed by atoms with Crippen molar-refractivity contribution in [2.75, 3.05) is 11.1 Å². The number of rotatable bonds is 6. The largest absolute Gasteiger partial charge is 0.351 e. The molecule has 0 aliphatic carbocycles. The molecule has 6 nitrogen and oxygen atoms in total. The van der Waals surface area contributed by atoms with E-state index in [-0.39, 0.29) is 17.6 Å². The fourth-order valence-electron chi connectivity index (χ4n) is 2.22. The van der Waals surface area contributed by atoms with E-state index >= 15 is 0 Å². The number of carbonyl (C=O) groups is 2. The van der Waals surface area contributed by atoms with Crippen LogP contribution in [0.15, 0.2) is 47.4 Å². The van der Waals surface area contributed by atoms with Crippen molar-refractivity contribution in [2.24, 2.45) is 0 Å². The SMILES string of the molecule is CC(=O)Nc1ccccc1SCC(=O)NCc1ccc2nsnc2c1. The fraction of sp³-hybridized carbons (Fsp3) is 0.176. The monoisotopic (exact) mass is 372 g/mol. The lowest BCUT2D eigenvalue weighted by atomic mass is 10.2. The molecule has 0 radical (unpaired) electrons. The molecule has 0 saturated carbocycles. The molecule has 8 heteroatoms. The Bertz CT molecular complexity index is 910. The van der Waals surface area contributed by atoms with Gasteiger partial charge in [-0.05, 0) is 29.8 Å². The molecule has 3 aromatic rings. The second-order valence-electron chi connectivity index (χ2n) is 5.33. The average Bonchev–Trinajstić information content (AvgIpc) is 3.06. The fourth-order valence-corrected chi connectivity index (χ4v) is 3.57. The second-order valence-corrected chi connectivity index (χ2v) is 6.88. The summed E-state index contributed by atoms with van der Waals surface area (Å²) >= 11 is 2.57. The van der Waals surface area contributed by atoms with Gasteiger partial charge in [0.05, 0.1) is 23.2 Å². The third-order valence-corrected chi connectivity index (χ3v) is 4.99. The van der Waals surface area contributed by atoms with Crippen molar-refractivity contribution >= 4 is 52.0 Å². The van der Waals surface area contributed by atoms with Crippen LogP contribution in [0.3, 0.4) is 0 Å². The van der Waals surface area contributed by atoms with E-state index < -0.39 is 0 Å². The summed E-state index contributed by atoms with van der Waals surface area (Å²) in [7, 11) is 0. The van der Waals surface area contributed by atoms with E-state index in [4.69, 9.17) is 0 Å². The van der Waals surface area contributed by atoms with E-state index in [1.165, 1.54) is 30.4 Å². The van der Waals surface area contributed by atoms with Crippen LogP contribution in [-0.2, 0) is 16.1 Å². The first kappa shape index (κ1) is 17.4. The molecule has 0 saturated heterocycles. The van der Waals surface area contributed by atoms with Crippen LogP contribution < -0.4 is 10.6 Å². The number of thioether (sulfide) groups is 1. The Morgan fingerprint density at radius 2 is 1.92 bits per heavy atom. The molecule has 0 aliphatic heterocycles. The maximum absolute atomic E-state index is 12.1. The van der Waals surface area contributed by atoms with Crippen LogP contribution in [-0.4, -0.2) is 26.3 Å². The van der Waals surface area contributed by atoms with Gasteiger partial charge >= 0.3 is 0 Å². The van der Waals surface area contributed by atoms with Crippen molar-refractivity contribution in [2.45, 2.75) is 18.4 Å². The van der Waals surface area contributed by atoms with Crippen molar-refractivity contribution in [1.82, 2.24) is 14.1 Å². The number of hydrogen-bond donors (Lipinski definition) is 2. The van der Waals surface area contributed by atoms with Gasteiger partial charge in [0.2, 0.25) is 11.8 Å². The summed E-state index contributed by atoms with van der Waals surface area (Å²) in [6.07, 6.45) is 0. The van der Waals surface area contributed by atoms with Gasteiger partial charge in [-0.25, -0.2) is 0 Å². The van der Waals surface area contributed by atoms with Crippen LogP contribution in [0.2, 0.25) is 0 Å². The third kappa shape index (κ3) is 4.77. The Hall–Kier alpha value is -2.45. The molecule has 2 N–H and O–H groups in total. The summed E-state index contributed by atoms with van der Waals surface area (Å²) in [6.45, 7) is 1.91. The Kier molecular flexibility index (Phi) is 5.62. The first-order valence-electron chi connectivity index (χ1n) is 7.59. The molecule has 3 rings (SSSR count). The number of carbonyl (C=O) groups excluding carboxylic acids is 2. The zero-order valence-corrected chi connectivity index (χ0v) is 15.1. The molecule has 1 heterocycles. The topological polar surface area (TPSA) is 84.0 Å². The minimum absolute atomic E-state index is 0.0703. The molecule has 128 valence electrons. The highest BCUT2D eigenvalue weighted by atomic mass is 32.2. The van der Waals surface area contributed by atoms with E-state index in [2.05, 4.69) is 19.4 Å². The quantitative estimate of drug-likeness (QED) is 0.650. The van der Waals surface area contributed by atoms with Crippen LogP contribution in [0.5, 0.6) is 0 Å². The van der Waals surface area contributed by atoms with Gasteiger partial charge in [-0.15, -0.1) is 11.8 Å². The summed E-state index contributed by atoms with van der Waals surface area (Å²) in [5.74, 6) is 0.0699. The molecule has 2 amide bonds. The summed E-state index contributed by atoms with van der Waals surface area (Å²) in [5, 5.41) is 5.66. The van der Waals surface area contributed by atoms with E-state index in [0.29, 0.717) is 12.2 Å². The Morgan fingerprint density at radius 3 is 2.76 bits per heavy atom. The van der Waals surface area contributed by atoms with Gasteiger partial charge in [0.15, 0.2) is 0 Å².